The highest BCUT2D eigenvalue weighted by molar-refractivity contribution is 9.10. The number of aryl methyl sites for hydroxylation is 1. The molecule has 0 amide bonds. The van der Waals surface area contributed by atoms with Gasteiger partial charge in [0.25, 0.3) is 0 Å². The zero-order valence-corrected chi connectivity index (χ0v) is 13.0. The van der Waals surface area contributed by atoms with Crippen molar-refractivity contribution < 1.29 is 13.2 Å². The molecule has 0 aliphatic heterocycles. The van der Waals surface area contributed by atoms with E-state index in [1.165, 1.54) is 23.5 Å². The molecule has 0 aliphatic carbocycles. The van der Waals surface area contributed by atoms with E-state index < -0.39 is 11.7 Å². The Kier molecular flexibility index (Phi) is 4.70. The largest absolute Gasteiger partial charge is 0.418 e. The number of aromatic nitrogens is 1. The maximum Gasteiger partial charge on any atom is 0.418 e. The lowest BCUT2D eigenvalue weighted by Gasteiger charge is -2.14. The lowest BCUT2D eigenvalue weighted by Crippen LogP contribution is -2.12. The van der Waals surface area contributed by atoms with Gasteiger partial charge in [0.1, 0.15) is 0 Å². The van der Waals surface area contributed by atoms with Crippen molar-refractivity contribution in [1.82, 2.24) is 4.98 Å². The molecule has 0 atom stereocenters. The third-order valence-corrected chi connectivity index (χ3v) is 4.13. The summed E-state index contributed by atoms with van der Waals surface area (Å²) in [4.78, 5) is 4.28. The van der Waals surface area contributed by atoms with Crippen LogP contribution in [0, 0.1) is 6.92 Å². The molecule has 7 heteroatoms. The van der Waals surface area contributed by atoms with E-state index in [-0.39, 0.29) is 5.69 Å². The SMILES string of the molecule is Cc1csc(CCNc2cc(Br)ccc2C(F)(F)F)n1. The maximum atomic E-state index is 12.9. The van der Waals surface area contributed by atoms with Crippen LogP contribution in [0.25, 0.3) is 0 Å². The standard InChI is InChI=1S/C13H12BrF3N2S/c1-8-7-20-12(19-8)4-5-18-11-6-9(14)2-3-10(11)13(15,16)17/h2-3,6-7,18H,4-5H2,1H3. The first-order valence-corrected chi connectivity index (χ1v) is 7.55. The van der Waals surface area contributed by atoms with Crippen molar-refractivity contribution in [3.8, 4) is 0 Å². The van der Waals surface area contributed by atoms with Crippen LogP contribution >= 0.6 is 27.3 Å². The second kappa shape index (κ2) is 6.13. The van der Waals surface area contributed by atoms with Crippen LogP contribution in [0.2, 0.25) is 0 Å². The first-order valence-electron chi connectivity index (χ1n) is 5.88. The Morgan fingerprint density at radius 3 is 2.70 bits per heavy atom. The fourth-order valence-corrected chi connectivity index (χ4v) is 2.87. The van der Waals surface area contributed by atoms with Crippen molar-refractivity contribution in [3.05, 3.63) is 44.3 Å². The fourth-order valence-electron chi connectivity index (χ4n) is 1.73. The maximum absolute atomic E-state index is 12.9. The van der Waals surface area contributed by atoms with Gasteiger partial charge in [-0.2, -0.15) is 13.2 Å². The molecule has 2 aromatic rings. The predicted octanol–water partition coefficient (Wildman–Crippen LogP) is 4.89. The molecule has 2 rings (SSSR count). The summed E-state index contributed by atoms with van der Waals surface area (Å²) in [5, 5.41) is 5.68. The molecule has 0 saturated carbocycles. The average molecular weight is 365 g/mol. The van der Waals surface area contributed by atoms with Gasteiger partial charge in [-0.3, -0.25) is 0 Å². The lowest BCUT2D eigenvalue weighted by molar-refractivity contribution is -0.136. The van der Waals surface area contributed by atoms with Gasteiger partial charge in [-0.1, -0.05) is 15.9 Å². The second-order valence-electron chi connectivity index (χ2n) is 4.25. The highest BCUT2D eigenvalue weighted by Crippen LogP contribution is 2.36. The molecule has 0 radical (unpaired) electrons. The number of halogens is 4. The number of hydrogen-bond acceptors (Lipinski definition) is 3. The molecule has 0 fully saturated rings. The van der Waals surface area contributed by atoms with Crippen LogP contribution in [-0.2, 0) is 12.6 Å². The highest BCUT2D eigenvalue weighted by Gasteiger charge is 2.33. The van der Waals surface area contributed by atoms with Crippen LogP contribution < -0.4 is 5.32 Å². The van der Waals surface area contributed by atoms with Crippen molar-refractivity contribution in [1.29, 1.82) is 0 Å². The van der Waals surface area contributed by atoms with Gasteiger partial charge in [0.15, 0.2) is 0 Å². The van der Waals surface area contributed by atoms with E-state index in [0.717, 1.165) is 16.8 Å². The first kappa shape index (κ1) is 15.3. The molecule has 0 bridgehead atoms. The quantitative estimate of drug-likeness (QED) is 0.835. The lowest BCUT2D eigenvalue weighted by atomic mass is 10.1. The molecule has 1 heterocycles. The van der Waals surface area contributed by atoms with E-state index in [2.05, 4.69) is 26.2 Å². The third kappa shape index (κ3) is 3.96. The van der Waals surface area contributed by atoms with Crippen molar-refractivity contribution >= 4 is 33.0 Å². The van der Waals surface area contributed by atoms with E-state index in [1.807, 2.05) is 12.3 Å². The van der Waals surface area contributed by atoms with Gasteiger partial charge in [0, 0.05) is 34.2 Å². The fraction of sp³-hybridized carbons (Fsp3) is 0.308. The number of rotatable bonds is 4. The summed E-state index contributed by atoms with van der Waals surface area (Å²) in [6.45, 7) is 2.30. The molecule has 0 unspecified atom stereocenters. The summed E-state index contributed by atoms with van der Waals surface area (Å²) < 4.78 is 39.2. The van der Waals surface area contributed by atoms with Crippen LogP contribution in [0.15, 0.2) is 28.1 Å². The van der Waals surface area contributed by atoms with Gasteiger partial charge in [-0.15, -0.1) is 11.3 Å². The van der Waals surface area contributed by atoms with Crippen LogP contribution in [-0.4, -0.2) is 11.5 Å². The molecule has 0 saturated heterocycles. The second-order valence-corrected chi connectivity index (χ2v) is 6.11. The van der Waals surface area contributed by atoms with Gasteiger partial charge in [-0.25, -0.2) is 4.98 Å². The monoisotopic (exact) mass is 364 g/mol. The van der Waals surface area contributed by atoms with Gasteiger partial charge < -0.3 is 5.32 Å². The minimum atomic E-state index is -4.36. The van der Waals surface area contributed by atoms with E-state index >= 15 is 0 Å². The van der Waals surface area contributed by atoms with E-state index in [1.54, 1.807) is 0 Å². The highest BCUT2D eigenvalue weighted by atomic mass is 79.9. The van der Waals surface area contributed by atoms with E-state index in [4.69, 9.17) is 0 Å². The van der Waals surface area contributed by atoms with Crippen LogP contribution in [0.5, 0.6) is 0 Å². The first-order chi connectivity index (χ1) is 9.36. The molecule has 1 N–H and O–H groups in total. The number of thiazole rings is 1. The zero-order chi connectivity index (χ0) is 14.8. The molecule has 0 aliphatic rings. The van der Waals surface area contributed by atoms with Crippen molar-refractivity contribution in [2.75, 3.05) is 11.9 Å². The Balaban J connectivity index is 2.06. The molecular formula is C13H12BrF3N2S. The Morgan fingerprint density at radius 1 is 1.35 bits per heavy atom. The summed E-state index contributed by atoms with van der Waals surface area (Å²) >= 11 is 4.70. The molecule has 0 spiro atoms. The number of alkyl halides is 3. The van der Waals surface area contributed by atoms with E-state index in [0.29, 0.717) is 17.4 Å². The van der Waals surface area contributed by atoms with Crippen LogP contribution in [0.3, 0.4) is 0 Å². The van der Waals surface area contributed by atoms with Crippen LogP contribution in [0.4, 0.5) is 18.9 Å². The van der Waals surface area contributed by atoms with Crippen molar-refractivity contribution in [2.24, 2.45) is 0 Å². The minimum Gasteiger partial charge on any atom is -0.384 e. The molecule has 2 nitrogen and oxygen atoms in total. The van der Waals surface area contributed by atoms with Gasteiger partial charge in [0.05, 0.1) is 10.6 Å². The van der Waals surface area contributed by atoms with Crippen molar-refractivity contribution in [3.63, 3.8) is 0 Å². The number of nitrogens with one attached hydrogen (secondary N) is 1. The van der Waals surface area contributed by atoms with Gasteiger partial charge in [0.2, 0.25) is 0 Å². The Hall–Kier alpha value is -1.08. The summed E-state index contributed by atoms with van der Waals surface area (Å²) in [5.41, 5.74) is 0.361. The average Bonchev–Trinajstić information content (AvgIpc) is 2.73. The number of benzene rings is 1. The Bertz CT molecular complexity index is 596. The Morgan fingerprint density at radius 2 is 2.10 bits per heavy atom. The van der Waals surface area contributed by atoms with Crippen LogP contribution in [0.1, 0.15) is 16.3 Å². The minimum absolute atomic E-state index is 0.0835. The zero-order valence-electron chi connectivity index (χ0n) is 10.6. The summed E-state index contributed by atoms with van der Waals surface area (Å²) in [5.74, 6) is 0. The third-order valence-electron chi connectivity index (χ3n) is 2.61. The Labute approximate surface area is 127 Å². The molecule has 1 aromatic heterocycles. The normalized spacial score (nSPS) is 11.7. The van der Waals surface area contributed by atoms with Gasteiger partial charge in [-0.05, 0) is 25.1 Å². The van der Waals surface area contributed by atoms with E-state index in [9.17, 15) is 13.2 Å². The van der Waals surface area contributed by atoms with Crippen molar-refractivity contribution in [2.45, 2.75) is 19.5 Å². The van der Waals surface area contributed by atoms with Gasteiger partial charge >= 0.3 is 6.18 Å². The topological polar surface area (TPSA) is 24.9 Å². The number of nitrogens with zero attached hydrogens (tertiary/aromatic N) is 1. The molecular weight excluding hydrogens is 353 g/mol. The predicted molar refractivity (Wildman–Crippen MR) is 78.2 cm³/mol. The molecule has 108 valence electrons. The number of anilines is 1. The summed E-state index contributed by atoms with van der Waals surface area (Å²) in [6, 6.07) is 3.90. The summed E-state index contributed by atoms with van der Waals surface area (Å²) in [7, 11) is 0. The molecule has 1 aromatic carbocycles. The summed E-state index contributed by atoms with van der Waals surface area (Å²) in [6.07, 6.45) is -3.76. The smallest absolute Gasteiger partial charge is 0.384 e. The molecule has 20 heavy (non-hydrogen) atoms. The number of hydrogen-bond donors (Lipinski definition) is 1.